The van der Waals surface area contributed by atoms with Crippen molar-refractivity contribution in [2.75, 3.05) is 45.3 Å². The van der Waals surface area contributed by atoms with Gasteiger partial charge in [-0.3, -0.25) is 4.79 Å². The van der Waals surface area contributed by atoms with Gasteiger partial charge in [-0.2, -0.15) is 4.31 Å². The zero-order valence-corrected chi connectivity index (χ0v) is 20.4. The first-order valence-electron chi connectivity index (χ1n) is 11.1. The molecule has 9 nitrogen and oxygen atoms in total. The van der Waals surface area contributed by atoms with E-state index in [4.69, 9.17) is 14.2 Å². The number of nitrogens with one attached hydrogen (secondary N) is 1. The van der Waals surface area contributed by atoms with Crippen LogP contribution in [0.25, 0.3) is 0 Å². The number of esters is 1. The van der Waals surface area contributed by atoms with Crippen molar-refractivity contribution in [2.45, 2.75) is 31.6 Å². The van der Waals surface area contributed by atoms with Crippen molar-refractivity contribution >= 4 is 27.6 Å². The van der Waals surface area contributed by atoms with E-state index in [0.717, 1.165) is 5.56 Å². The summed E-state index contributed by atoms with van der Waals surface area (Å²) < 4.78 is 43.0. The van der Waals surface area contributed by atoms with E-state index in [1.807, 2.05) is 0 Å². The quantitative estimate of drug-likeness (QED) is 0.538. The number of anilines is 1. The van der Waals surface area contributed by atoms with Gasteiger partial charge in [-0.1, -0.05) is 0 Å². The van der Waals surface area contributed by atoms with Gasteiger partial charge in [-0.15, -0.1) is 0 Å². The highest BCUT2D eigenvalue weighted by Crippen LogP contribution is 2.26. The molecule has 0 spiro atoms. The van der Waals surface area contributed by atoms with Crippen molar-refractivity contribution in [3.05, 3.63) is 53.1 Å². The fourth-order valence-electron chi connectivity index (χ4n) is 3.65. The predicted octanol–water partition coefficient (Wildman–Crippen LogP) is 2.77. The van der Waals surface area contributed by atoms with Crippen LogP contribution in [0.1, 0.15) is 34.8 Å². The number of carbonyl (C=O) groups excluding carboxylic acids is 2. The van der Waals surface area contributed by atoms with Crippen LogP contribution in [0.3, 0.4) is 0 Å². The first kappa shape index (κ1) is 25.7. The number of nitrogens with zero attached hydrogens (tertiary/aromatic N) is 1. The summed E-state index contributed by atoms with van der Waals surface area (Å²) in [7, 11) is -2.15. The number of rotatable bonds is 9. The Morgan fingerprint density at radius 3 is 2.50 bits per heavy atom. The molecule has 0 saturated carbocycles. The minimum absolute atomic E-state index is 0.122. The molecule has 1 aliphatic rings. The number of aryl methyl sites for hydroxylation is 2. The van der Waals surface area contributed by atoms with Crippen LogP contribution in [0.15, 0.2) is 41.3 Å². The SMILES string of the molecule is CCOC(=O)c1ccc(NC(=O)CCc2cc(S(=O)(=O)N3CCOCC3)ccc2OC)c(C)c1. The lowest BCUT2D eigenvalue weighted by Gasteiger charge is -2.26. The van der Waals surface area contributed by atoms with Gasteiger partial charge in [0.15, 0.2) is 0 Å². The molecule has 0 aliphatic carbocycles. The second-order valence-electron chi connectivity index (χ2n) is 7.79. The largest absolute Gasteiger partial charge is 0.496 e. The van der Waals surface area contributed by atoms with Crippen molar-refractivity contribution in [1.29, 1.82) is 0 Å². The fraction of sp³-hybridized carbons (Fsp3) is 0.417. The van der Waals surface area contributed by atoms with Crippen LogP contribution in [0.4, 0.5) is 5.69 Å². The van der Waals surface area contributed by atoms with Crippen LogP contribution in [0.5, 0.6) is 5.75 Å². The highest BCUT2D eigenvalue weighted by molar-refractivity contribution is 7.89. The Bertz CT molecular complexity index is 1140. The molecule has 1 aliphatic heterocycles. The third kappa shape index (κ3) is 6.13. The second kappa shape index (κ2) is 11.5. The summed E-state index contributed by atoms with van der Waals surface area (Å²) in [5.41, 5.74) is 2.37. The lowest BCUT2D eigenvalue weighted by Crippen LogP contribution is -2.40. The first-order valence-corrected chi connectivity index (χ1v) is 12.5. The van der Waals surface area contributed by atoms with E-state index in [-0.39, 0.29) is 23.8 Å². The van der Waals surface area contributed by atoms with Gasteiger partial charge in [0, 0.05) is 25.2 Å². The third-order valence-electron chi connectivity index (χ3n) is 5.49. The Labute approximate surface area is 200 Å². The normalized spacial score (nSPS) is 14.4. The predicted molar refractivity (Wildman–Crippen MR) is 127 cm³/mol. The maximum Gasteiger partial charge on any atom is 0.338 e. The van der Waals surface area contributed by atoms with Gasteiger partial charge in [0.1, 0.15) is 5.75 Å². The van der Waals surface area contributed by atoms with Gasteiger partial charge in [-0.05, 0) is 67.8 Å². The molecule has 184 valence electrons. The van der Waals surface area contributed by atoms with Crippen molar-refractivity contribution < 1.29 is 32.2 Å². The van der Waals surface area contributed by atoms with Crippen LogP contribution in [0, 0.1) is 6.92 Å². The number of hydrogen-bond donors (Lipinski definition) is 1. The molecule has 10 heteroatoms. The smallest absolute Gasteiger partial charge is 0.338 e. The standard InChI is InChI=1S/C24H30N2O7S/c1-4-33-24(28)19-5-8-21(17(2)15-19)25-23(27)10-6-18-16-20(7-9-22(18)31-3)34(29,30)26-11-13-32-14-12-26/h5,7-9,15-16H,4,6,10-14H2,1-3H3,(H,25,27). The van der Waals surface area contributed by atoms with E-state index in [1.54, 1.807) is 44.2 Å². The topological polar surface area (TPSA) is 111 Å². The van der Waals surface area contributed by atoms with Crippen LogP contribution in [-0.2, 0) is 30.7 Å². The molecule has 0 aromatic heterocycles. The number of amides is 1. The number of morpholine rings is 1. The Hall–Kier alpha value is -2.95. The van der Waals surface area contributed by atoms with E-state index >= 15 is 0 Å². The molecular formula is C24H30N2O7S. The molecule has 1 heterocycles. The minimum Gasteiger partial charge on any atom is -0.496 e. The number of hydrogen-bond acceptors (Lipinski definition) is 7. The summed E-state index contributed by atoms with van der Waals surface area (Å²) in [5, 5.41) is 2.84. The molecular weight excluding hydrogens is 460 g/mol. The summed E-state index contributed by atoms with van der Waals surface area (Å²) in [5.74, 6) is -0.137. The lowest BCUT2D eigenvalue weighted by molar-refractivity contribution is -0.116. The van der Waals surface area contributed by atoms with Crippen LogP contribution < -0.4 is 10.1 Å². The molecule has 3 rings (SSSR count). The van der Waals surface area contributed by atoms with E-state index in [9.17, 15) is 18.0 Å². The Morgan fingerprint density at radius 1 is 1.12 bits per heavy atom. The second-order valence-corrected chi connectivity index (χ2v) is 9.73. The third-order valence-corrected chi connectivity index (χ3v) is 7.39. The monoisotopic (exact) mass is 490 g/mol. The maximum absolute atomic E-state index is 13.0. The summed E-state index contributed by atoms with van der Waals surface area (Å²) in [6, 6.07) is 9.62. The Morgan fingerprint density at radius 2 is 1.85 bits per heavy atom. The highest BCUT2D eigenvalue weighted by Gasteiger charge is 2.27. The molecule has 1 fully saturated rings. The molecule has 1 N–H and O–H groups in total. The maximum atomic E-state index is 13.0. The first-order chi connectivity index (χ1) is 16.3. The fourth-order valence-corrected chi connectivity index (χ4v) is 5.11. The van der Waals surface area contributed by atoms with Gasteiger partial charge < -0.3 is 19.5 Å². The summed E-state index contributed by atoms with van der Waals surface area (Å²) >= 11 is 0. The van der Waals surface area contributed by atoms with Crippen molar-refractivity contribution in [3.8, 4) is 5.75 Å². The summed E-state index contributed by atoms with van der Waals surface area (Å²) in [6.45, 7) is 5.16. The average Bonchev–Trinajstić information content (AvgIpc) is 2.84. The minimum atomic E-state index is -3.66. The number of carbonyl (C=O) groups is 2. The van der Waals surface area contributed by atoms with Crippen molar-refractivity contribution in [2.24, 2.45) is 0 Å². The number of ether oxygens (including phenoxy) is 3. The summed E-state index contributed by atoms with van der Waals surface area (Å²) in [4.78, 5) is 24.6. The van der Waals surface area contributed by atoms with E-state index in [0.29, 0.717) is 55.3 Å². The molecule has 34 heavy (non-hydrogen) atoms. The Kier molecular flexibility index (Phi) is 8.65. The average molecular weight is 491 g/mol. The molecule has 1 amide bonds. The van der Waals surface area contributed by atoms with Gasteiger partial charge in [0.05, 0.1) is 37.4 Å². The van der Waals surface area contributed by atoms with Crippen molar-refractivity contribution in [1.82, 2.24) is 4.31 Å². The molecule has 0 radical (unpaired) electrons. The van der Waals surface area contributed by atoms with E-state index in [2.05, 4.69) is 5.32 Å². The Balaban J connectivity index is 1.69. The molecule has 0 bridgehead atoms. The lowest BCUT2D eigenvalue weighted by atomic mass is 10.1. The summed E-state index contributed by atoms with van der Waals surface area (Å²) in [6.07, 6.45) is 0.415. The number of sulfonamides is 1. The van der Waals surface area contributed by atoms with E-state index < -0.39 is 16.0 Å². The highest BCUT2D eigenvalue weighted by atomic mass is 32.2. The van der Waals surface area contributed by atoms with Crippen LogP contribution >= 0.6 is 0 Å². The molecule has 2 aromatic rings. The van der Waals surface area contributed by atoms with Gasteiger partial charge >= 0.3 is 5.97 Å². The molecule has 0 unspecified atom stereocenters. The van der Waals surface area contributed by atoms with Crippen molar-refractivity contribution in [3.63, 3.8) is 0 Å². The van der Waals surface area contributed by atoms with Gasteiger partial charge in [-0.25, -0.2) is 13.2 Å². The van der Waals surface area contributed by atoms with Crippen LogP contribution in [0.2, 0.25) is 0 Å². The molecule has 2 aromatic carbocycles. The number of benzene rings is 2. The molecule has 1 saturated heterocycles. The van der Waals surface area contributed by atoms with Gasteiger partial charge in [0.2, 0.25) is 15.9 Å². The van der Waals surface area contributed by atoms with Crippen LogP contribution in [-0.4, -0.2) is 64.6 Å². The van der Waals surface area contributed by atoms with E-state index in [1.165, 1.54) is 17.5 Å². The number of methoxy groups -OCH3 is 1. The van der Waals surface area contributed by atoms with Gasteiger partial charge in [0.25, 0.3) is 0 Å². The zero-order valence-electron chi connectivity index (χ0n) is 19.6. The zero-order chi connectivity index (χ0) is 24.7. The molecule has 0 atom stereocenters.